The first-order valence-corrected chi connectivity index (χ1v) is 8.96. The molecule has 0 heterocycles. The quantitative estimate of drug-likeness (QED) is 0.422. The Morgan fingerprint density at radius 2 is 1.89 bits per heavy atom. The molecule has 148 valence electrons. The topological polar surface area (TPSA) is 89.0 Å². The number of hydrogen-bond donors (Lipinski definition) is 2. The summed E-state index contributed by atoms with van der Waals surface area (Å²) >= 11 is 6.13. The van der Waals surface area contributed by atoms with E-state index in [2.05, 4.69) is 15.8 Å². The first kappa shape index (κ1) is 21.2. The monoisotopic (exact) mass is 403 g/mol. The molecule has 0 spiro atoms. The minimum Gasteiger partial charge on any atom is -0.493 e. The maximum atomic E-state index is 11.6. The van der Waals surface area contributed by atoms with Gasteiger partial charge in [0.15, 0.2) is 11.5 Å². The Balaban J connectivity index is 1.99. The number of ether oxygens (including phenoxy) is 2. The van der Waals surface area contributed by atoms with E-state index >= 15 is 0 Å². The SMILES string of the molecule is COc1cc(/C=N\NC(=O)C(=O)NC(C)C)ccc1OCc1ccccc1Cl. The Kier molecular flexibility index (Phi) is 7.83. The standard InChI is InChI=1S/C20H22ClN3O4/c1-13(2)23-19(25)20(26)24-22-11-14-8-9-17(18(10-14)27-3)28-12-15-6-4-5-7-16(15)21/h4-11,13H,12H2,1-3H3,(H,23,25)(H,24,26)/b22-11-. The van der Waals surface area contributed by atoms with Gasteiger partial charge in [0.1, 0.15) is 6.61 Å². The summed E-state index contributed by atoms with van der Waals surface area (Å²) in [4.78, 5) is 23.1. The summed E-state index contributed by atoms with van der Waals surface area (Å²) in [5.41, 5.74) is 3.69. The summed E-state index contributed by atoms with van der Waals surface area (Å²) in [7, 11) is 1.52. The van der Waals surface area contributed by atoms with Crippen LogP contribution in [0, 0.1) is 0 Å². The van der Waals surface area contributed by atoms with E-state index in [9.17, 15) is 9.59 Å². The number of hydrazone groups is 1. The molecule has 0 aliphatic carbocycles. The van der Waals surface area contributed by atoms with E-state index in [0.717, 1.165) is 5.56 Å². The van der Waals surface area contributed by atoms with Gasteiger partial charge in [0.05, 0.1) is 13.3 Å². The van der Waals surface area contributed by atoms with Crippen LogP contribution in [0.5, 0.6) is 11.5 Å². The fourth-order valence-corrected chi connectivity index (χ4v) is 2.39. The van der Waals surface area contributed by atoms with E-state index < -0.39 is 11.8 Å². The predicted molar refractivity (Wildman–Crippen MR) is 108 cm³/mol. The van der Waals surface area contributed by atoms with Crippen molar-refractivity contribution in [2.75, 3.05) is 7.11 Å². The van der Waals surface area contributed by atoms with Gasteiger partial charge >= 0.3 is 11.8 Å². The Bertz CT molecular complexity index is 868. The molecule has 0 bridgehead atoms. The van der Waals surface area contributed by atoms with Crippen molar-refractivity contribution >= 4 is 29.6 Å². The molecule has 0 saturated carbocycles. The van der Waals surface area contributed by atoms with Gasteiger partial charge in [0.2, 0.25) is 0 Å². The summed E-state index contributed by atoms with van der Waals surface area (Å²) in [6.07, 6.45) is 1.40. The molecular weight excluding hydrogens is 382 g/mol. The summed E-state index contributed by atoms with van der Waals surface area (Å²) < 4.78 is 11.1. The molecule has 8 heteroatoms. The second-order valence-electron chi connectivity index (χ2n) is 6.12. The third-order valence-electron chi connectivity index (χ3n) is 3.53. The molecule has 28 heavy (non-hydrogen) atoms. The second-order valence-corrected chi connectivity index (χ2v) is 6.52. The van der Waals surface area contributed by atoms with Crippen molar-refractivity contribution in [2.24, 2.45) is 5.10 Å². The van der Waals surface area contributed by atoms with Gasteiger partial charge in [-0.2, -0.15) is 5.10 Å². The smallest absolute Gasteiger partial charge is 0.329 e. The average molecular weight is 404 g/mol. The Morgan fingerprint density at radius 3 is 2.57 bits per heavy atom. The van der Waals surface area contributed by atoms with Crippen LogP contribution >= 0.6 is 11.6 Å². The predicted octanol–water partition coefficient (Wildman–Crippen LogP) is 2.90. The Labute approximate surface area is 168 Å². The molecule has 0 fully saturated rings. The molecule has 7 nitrogen and oxygen atoms in total. The number of rotatable bonds is 7. The molecule has 2 aromatic carbocycles. The number of methoxy groups -OCH3 is 1. The van der Waals surface area contributed by atoms with Crippen LogP contribution in [0.3, 0.4) is 0 Å². The summed E-state index contributed by atoms with van der Waals surface area (Å²) in [5.74, 6) is -0.538. The van der Waals surface area contributed by atoms with Crippen molar-refractivity contribution in [1.29, 1.82) is 0 Å². The average Bonchev–Trinajstić information content (AvgIpc) is 2.67. The minimum absolute atomic E-state index is 0.134. The second kappa shape index (κ2) is 10.3. The first-order valence-electron chi connectivity index (χ1n) is 8.59. The van der Waals surface area contributed by atoms with Crippen molar-refractivity contribution < 1.29 is 19.1 Å². The van der Waals surface area contributed by atoms with Crippen LogP contribution in [-0.2, 0) is 16.2 Å². The molecule has 2 amide bonds. The van der Waals surface area contributed by atoms with Crippen molar-refractivity contribution in [3.63, 3.8) is 0 Å². The molecule has 2 rings (SSSR count). The zero-order valence-corrected chi connectivity index (χ0v) is 16.6. The lowest BCUT2D eigenvalue weighted by molar-refractivity contribution is -0.139. The molecule has 0 atom stereocenters. The van der Waals surface area contributed by atoms with E-state index in [1.807, 2.05) is 18.2 Å². The van der Waals surface area contributed by atoms with Gasteiger partial charge in [-0.15, -0.1) is 0 Å². The number of benzene rings is 2. The lowest BCUT2D eigenvalue weighted by Gasteiger charge is -2.12. The van der Waals surface area contributed by atoms with Gasteiger partial charge < -0.3 is 14.8 Å². The molecule has 2 N–H and O–H groups in total. The van der Waals surface area contributed by atoms with E-state index in [-0.39, 0.29) is 6.04 Å². The number of carbonyl (C=O) groups is 2. The Morgan fingerprint density at radius 1 is 1.14 bits per heavy atom. The molecule has 0 aliphatic heterocycles. The number of nitrogens with one attached hydrogen (secondary N) is 2. The maximum absolute atomic E-state index is 11.6. The van der Waals surface area contributed by atoms with Crippen LogP contribution in [0.1, 0.15) is 25.0 Å². The number of carbonyl (C=O) groups excluding carboxylic acids is 2. The van der Waals surface area contributed by atoms with E-state index in [4.69, 9.17) is 21.1 Å². The molecule has 2 aromatic rings. The zero-order valence-electron chi connectivity index (χ0n) is 15.9. The lowest BCUT2D eigenvalue weighted by atomic mass is 10.2. The van der Waals surface area contributed by atoms with Crippen LogP contribution in [0.25, 0.3) is 0 Å². The van der Waals surface area contributed by atoms with E-state index in [0.29, 0.717) is 28.7 Å². The van der Waals surface area contributed by atoms with Crippen molar-refractivity contribution in [3.8, 4) is 11.5 Å². The van der Waals surface area contributed by atoms with Gasteiger partial charge in [-0.25, -0.2) is 5.43 Å². The fraction of sp³-hybridized carbons (Fsp3) is 0.250. The lowest BCUT2D eigenvalue weighted by Crippen LogP contribution is -2.41. The van der Waals surface area contributed by atoms with E-state index in [1.54, 1.807) is 38.1 Å². The number of nitrogens with zero attached hydrogens (tertiary/aromatic N) is 1. The van der Waals surface area contributed by atoms with Crippen LogP contribution < -0.4 is 20.2 Å². The highest BCUT2D eigenvalue weighted by Gasteiger charge is 2.13. The van der Waals surface area contributed by atoms with Gasteiger partial charge in [-0.05, 0) is 43.7 Å². The van der Waals surface area contributed by atoms with Crippen molar-refractivity contribution in [2.45, 2.75) is 26.5 Å². The highest BCUT2D eigenvalue weighted by molar-refractivity contribution is 6.35. The van der Waals surface area contributed by atoms with Crippen LogP contribution in [0.15, 0.2) is 47.6 Å². The molecule has 0 radical (unpaired) electrons. The number of hydrogen-bond acceptors (Lipinski definition) is 5. The molecule has 0 saturated heterocycles. The van der Waals surface area contributed by atoms with Crippen molar-refractivity contribution in [1.82, 2.24) is 10.7 Å². The van der Waals surface area contributed by atoms with Crippen molar-refractivity contribution in [3.05, 3.63) is 58.6 Å². The third-order valence-corrected chi connectivity index (χ3v) is 3.90. The van der Waals surface area contributed by atoms with Gasteiger partial charge in [0, 0.05) is 16.6 Å². The highest BCUT2D eigenvalue weighted by Crippen LogP contribution is 2.29. The third kappa shape index (κ3) is 6.28. The highest BCUT2D eigenvalue weighted by atomic mass is 35.5. The molecular formula is C20H22ClN3O4. The summed E-state index contributed by atoms with van der Waals surface area (Å²) in [6.45, 7) is 3.82. The van der Waals surface area contributed by atoms with Gasteiger partial charge in [0.25, 0.3) is 0 Å². The van der Waals surface area contributed by atoms with Gasteiger partial charge in [-0.1, -0.05) is 29.8 Å². The summed E-state index contributed by atoms with van der Waals surface area (Å²) in [6, 6.07) is 12.5. The van der Waals surface area contributed by atoms with Gasteiger partial charge in [-0.3, -0.25) is 9.59 Å². The number of halogens is 1. The molecule has 0 aromatic heterocycles. The largest absolute Gasteiger partial charge is 0.493 e. The van der Waals surface area contributed by atoms with Crippen LogP contribution in [-0.4, -0.2) is 31.2 Å². The number of amides is 2. The zero-order chi connectivity index (χ0) is 20.5. The maximum Gasteiger partial charge on any atom is 0.329 e. The molecule has 0 aliphatic rings. The normalized spacial score (nSPS) is 10.8. The molecule has 0 unspecified atom stereocenters. The van der Waals surface area contributed by atoms with Crippen LogP contribution in [0.2, 0.25) is 5.02 Å². The Hall–Kier alpha value is -3.06. The fourth-order valence-electron chi connectivity index (χ4n) is 2.20. The van der Waals surface area contributed by atoms with Crippen LogP contribution in [0.4, 0.5) is 0 Å². The van der Waals surface area contributed by atoms with E-state index in [1.165, 1.54) is 13.3 Å². The summed E-state index contributed by atoms with van der Waals surface area (Å²) in [5, 5.41) is 6.89. The first-order chi connectivity index (χ1) is 13.4. The minimum atomic E-state index is -0.836.